The van der Waals surface area contributed by atoms with Crippen molar-refractivity contribution in [2.45, 2.75) is 19.4 Å². The molecule has 2 rings (SSSR count). The Morgan fingerprint density at radius 2 is 2.29 bits per heavy atom. The molecular formula is C11H13ClO2. The summed E-state index contributed by atoms with van der Waals surface area (Å²) in [6.07, 6.45) is 0. The monoisotopic (exact) mass is 212 g/mol. The third kappa shape index (κ3) is 2.20. The molecule has 0 aromatic heterocycles. The standard InChI is InChI=1S/C11H13ClO2/c1-8-5-9(12)3-4-10(8)13-6-11(2)7-14-11/h3-5H,6-7H2,1-2H3. The van der Waals surface area contributed by atoms with E-state index in [9.17, 15) is 0 Å². The van der Waals surface area contributed by atoms with Gasteiger partial charge in [-0.05, 0) is 37.6 Å². The summed E-state index contributed by atoms with van der Waals surface area (Å²) in [6, 6.07) is 5.62. The number of halogens is 1. The Morgan fingerprint density at radius 3 is 2.86 bits per heavy atom. The van der Waals surface area contributed by atoms with Gasteiger partial charge in [0, 0.05) is 5.02 Å². The van der Waals surface area contributed by atoms with Crippen molar-refractivity contribution < 1.29 is 9.47 Å². The molecule has 0 aliphatic carbocycles. The number of ether oxygens (including phenoxy) is 2. The highest BCUT2D eigenvalue weighted by Crippen LogP contribution is 2.28. The van der Waals surface area contributed by atoms with Crippen molar-refractivity contribution in [1.29, 1.82) is 0 Å². The molecule has 1 aliphatic heterocycles. The van der Waals surface area contributed by atoms with Crippen molar-refractivity contribution in [3.05, 3.63) is 28.8 Å². The summed E-state index contributed by atoms with van der Waals surface area (Å²) in [7, 11) is 0. The predicted octanol–water partition coefficient (Wildman–Crippen LogP) is 2.82. The molecule has 1 fully saturated rings. The Labute approximate surface area is 88.8 Å². The molecule has 0 amide bonds. The van der Waals surface area contributed by atoms with Crippen LogP contribution in [0.2, 0.25) is 5.02 Å². The van der Waals surface area contributed by atoms with E-state index in [1.807, 2.05) is 32.0 Å². The van der Waals surface area contributed by atoms with Gasteiger partial charge in [-0.3, -0.25) is 0 Å². The topological polar surface area (TPSA) is 21.8 Å². The lowest BCUT2D eigenvalue weighted by molar-refractivity contribution is 0.201. The van der Waals surface area contributed by atoms with Crippen LogP contribution in [-0.4, -0.2) is 18.8 Å². The molecule has 0 bridgehead atoms. The fourth-order valence-electron chi connectivity index (χ4n) is 1.21. The lowest BCUT2D eigenvalue weighted by Gasteiger charge is -2.11. The van der Waals surface area contributed by atoms with Gasteiger partial charge in [-0.15, -0.1) is 0 Å². The van der Waals surface area contributed by atoms with Crippen LogP contribution in [0.15, 0.2) is 18.2 Å². The quantitative estimate of drug-likeness (QED) is 0.719. The van der Waals surface area contributed by atoms with E-state index in [-0.39, 0.29) is 5.60 Å². The number of epoxide rings is 1. The molecule has 2 nitrogen and oxygen atoms in total. The molecule has 1 unspecified atom stereocenters. The van der Waals surface area contributed by atoms with E-state index in [0.717, 1.165) is 22.9 Å². The van der Waals surface area contributed by atoms with Crippen LogP contribution in [0.1, 0.15) is 12.5 Å². The molecule has 0 saturated carbocycles. The lowest BCUT2D eigenvalue weighted by Crippen LogP contribution is -2.17. The highest BCUT2D eigenvalue weighted by molar-refractivity contribution is 6.30. The Balaban J connectivity index is 2.02. The summed E-state index contributed by atoms with van der Waals surface area (Å²) >= 11 is 5.84. The molecule has 1 heterocycles. The van der Waals surface area contributed by atoms with E-state index in [0.29, 0.717) is 6.61 Å². The minimum atomic E-state index is -0.0634. The molecule has 76 valence electrons. The van der Waals surface area contributed by atoms with Gasteiger partial charge >= 0.3 is 0 Å². The Hall–Kier alpha value is -0.730. The SMILES string of the molecule is Cc1cc(Cl)ccc1OCC1(C)CO1. The average Bonchev–Trinajstić information content (AvgIpc) is 2.83. The Morgan fingerprint density at radius 1 is 1.57 bits per heavy atom. The summed E-state index contributed by atoms with van der Waals surface area (Å²) in [5.74, 6) is 0.881. The second kappa shape index (κ2) is 3.44. The van der Waals surface area contributed by atoms with Crippen LogP contribution in [0.3, 0.4) is 0 Å². The second-order valence-electron chi connectivity index (χ2n) is 3.94. The molecule has 1 aromatic carbocycles. The first-order valence-electron chi connectivity index (χ1n) is 4.62. The van der Waals surface area contributed by atoms with Gasteiger partial charge in [-0.1, -0.05) is 11.6 Å². The van der Waals surface area contributed by atoms with E-state index >= 15 is 0 Å². The van der Waals surface area contributed by atoms with Gasteiger partial charge in [0.05, 0.1) is 6.61 Å². The number of aryl methyl sites for hydroxylation is 1. The van der Waals surface area contributed by atoms with Crippen molar-refractivity contribution in [3.63, 3.8) is 0 Å². The van der Waals surface area contributed by atoms with Crippen LogP contribution in [0.25, 0.3) is 0 Å². The van der Waals surface area contributed by atoms with Gasteiger partial charge in [0.2, 0.25) is 0 Å². The summed E-state index contributed by atoms with van der Waals surface area (Å²) in [5, 5.41) is 0.740. The van der Waals surface area contributed by atoms with E-state index in [2.05, 4.69) is 0 Å². The fourth-order valence-corrected chi connectivity index (χ4v) is 1.44. The van der Waals surface area contributed by atoms with Crippen molar-refractivity contribution >= 4 is 11.6 Å². The van der Waals surface area contributed by atoms with Crippen LogP contribution >= 0.6 is 11.6 Å². The molecule has 0 N–H and O–H groups in total. The summed E-state index contributed by atoms with van der Waals surface area (Å²) < 4.78 is 10.9. The van der Waals surface area contributed by atoms with E-state index in [4.69, 9.17) is 21.1 Å². The highest BCUT2D eigenvalue weighted by Gasteiger charge is 2.40. The predicted molar refractivity (Wildman–Crippen MR) is 56.0 cm³/mol. The largest absolute Gasteiger partial charge is 0.490 e. The molecule has 14 heavy (non-hydrogen) atoms. The van der Waals surface area contributed by atoms with E-state index in [1.165, 1.54) is 0 Å². The first kappa shape index (κ1) is 9.81. The first-order valence-corrected chi connectivity index (χ1v) is 5.00. The smallest absolute Gasteiger partial charge is 0.123 e. The maximum atomic E-state index is 5.84. The van der Waals surface area contributed by atoms with E-state index in [1.54, 1.807) is 0 Å². The summed E-state index contributed by atoms with van der Waals surface area (Å²) in [4.78, 5) is 0. The molecule has 0 spiro atoms. The van der Waals surface area contributed by atoms with Gasteiger partial charge in [-0.25, -0.2) is 0 Å². The second-order valence-corrected chi connectivity index (χ2v) is 4.37. The summed E-state index contributed by atoms with van der Waals surface area (Å²) in [5.41, 5.74) is 0.994. The molecular weight excluding hydrogens is 200 g/mol. The normalized spacial score (nSPS) is 24.8. The number of hydrogen-bond donors (Lipinski definition) is 0. The zero-order valence-corrected chi connectivity index (χ0v) is 9.10. The van der Waals surface area contributed by atoms with Crippen molar-refractivity contribution in [2.75, 3.05) is 13.2 Å². The van der Waals surface area contributed by atoms with Gasteiger partial charge in [0.15, 0.2) is 0 Å². The maximum Gasteiger partial charge on any atom is 0.123 e. The summed E-state index contributed by atoms with van der Waals surface area (Å²) in [6.45, 7) is 5.42. The van der Waals surface area contributed by atoms with E-state index < -0.39 is 0 Å². The van der Waals surface area contributed by atoms with Crippen LogP contribution in [0.4, 0.5) is 0 Å². The van der Waals surface area contributed by atoms with Crippen molar-refractivity contribution in [1.82, 2.24) is 0 Å². The number of benzene rings is 1. The molecule has 3 heteroatoms. The third-order valence-electron chi connectivity index (χ3n) is 2.31. The molecule has 1 aromatic rings. The molecule has 0 radical (unpaired) electrons. The van der Waals surface area contributed by atoms with Crippen molar-refractivity contribution in [3.8, 4) is 5.75 Å². The average molecular weight is 213 g/mol. The molecule has 1 saturated heterocycles. The van der Waals surface area contributed by atoms with Gasteiger partial charge in [0.1, 0.15) is 18.0 Å². The van der Waals surface area contributed by atoms with Gasteiger partial charge < -0.3 is 9.47 Å². The van der Waals surface area contributed by atoms with Crippen LogP contribution in [0.5, 0.6) is 5.75 Å². The van der Waals surface area contributed by atoms with Crippen LogP contribution < -0.4 is 4.74 Å². The first-order chi connectivity index (χ1) is 6.59. The van der Waals surface area contributed by atoms with Crippen LogP contribution in [-0.2, 0) is 4.74 Å². The van der Waals surface area contributed by atoms with Gasteiger partial charge in [0.25, 0.3) is 0 Å². The Bertz CT molecular complexity index is 345. The minimum absolute atomic E-state index is 0.0634. The Kier molecular flexibility index (Phi) is 2.41. The van der Waals surface area contributed by atoms with Crippen molar-refractivity contribution in [2.24, 2.45) is 0 Å². The molecule has 1 aliphatic rings. The minimum Gasteiger partial charge on any atom is -0.490 e. The number of hydrogen-bond acceptors (Lipinski definition) is 2. The fraction of sp³-hybridized carbons (Fsp3) is 0.455. The zero-order chi connectivity index (χ0) is 10.2. The number of rotatable bonds is 3. The van der Waals surface area contributed by atoms with Crippen LogP contribution in [0, 0.1) is 6.92 Å². The zero-order valence-electron chi connectivity index (χ0n) is 8.34. The van der Waals surface area contributed by atoms with Gasteiger partial charge in [-0.2, -0.15) is 0 Å². The third-order valence-corrected chi connectivity index (χ3v) is 2.54. The lowest BCUT2D eigenvalue weighted by atomic mass is 10.2. The highest BCUT2D eigenvalue weighted by atomic mass is 35.5. The maximum absolute atomic E-state index is 5.84. The molecule has 1 atom stereocenters.